The highest BCUT2D eigenvalue weighted by atomic mass is 16.5. The summed E-state index contributed by atoms with van der Waals surface area (Å²) in [5.41, 5.74) is 0. The van der Waals surface area contributed by atoms with Gasteiger partial charge >= 0.3 is 0 Å². The molecule has 1 aliphatic heterocycles. The lowest BCUT2D eigenvalue weighted by atomic mass is 9.98. The third-order valence-corrected chi connectivity index (χ3v) is 2.87. The van der Waals surface area contributed by atoms with Crippen molar-refractivity contribution in [1.29, 1.82) is 0 Å². The van der Waals surface area contributed by atoms with Crippen LogP contribution in [0.2, 0.25) is 0 Å². The number of hydrogen-bond acceptors (Lipinski definition) is 5. The van der Waals surface area contributed by atoms with Gasteiger partial charge in [-0.25, -0.2) is 0 Å². The summed E-state index contributed by atoms with van der Waals surface area (Å²) < 4.78 is 5.06. The largest absolute Gasteiger partial charge is 0.339 e. The van der Waals surface area contributed by atoms with Crippen LogP contribution in [0.1, 0.15) is 37.4 Å². The molecule has 1 aromatic rings. The van der Waals surface area contributed by atoms with Crippen LogP contribution in [0.4, 0.5) is 0 Å². The number of Topliss-reactive ketones (excluding diaryl/α,β-unsaturated/α-hetero) is 1. The van der Waals surface area contributed by atoms with E-state index in [1.54, 1.807) is 0 Å². The van der Waals surface area contributed by atoms with Crippen molar-refractivity contribution in [2.24, 2.45) is 0 Å². The summed E-state index contributed by atoms with van der Waals surface area (Å²) in [4.78, 5) is 17.5. The lowest BCUT2D eigenvalue weighted by Gasteiger charge is -2.27. The second-order valence-electron chi connectivity index (χ2n) is 4.53. The summed E-state index contributed by atoms with van der Waals surface area (Å²) in [6, 6.07) is 0. The van der Waals surface area contributed by atoms with E-state index in [2.05, 4.69) is 22.1 Å². The number of likely N-dealkylation sites (tertiary alicyclic amines) is 1. The van der Waals surface area contributed by atoms with Gasteiger partial charge in [0.2, 0.25) is 5.89 Å². The number of carbonyl (C=O) groups excluding carboxylic acids is 1. The molecule has 0 amide bonds. The van der Waals surface area contributed by atoms with Gasteiger partial charge < -0.3 is 9.42 Å². The second-order valence-corrected chi connectivity index (χ2v) is 4.53. The molecule has 1 atom stereocenters. The van der Waals surface area contributed by atoms with E-state index in [1.165, 1.54) is 6.92 Å². The van der Waals surface area contributed by atoms with Gasteiger partial charge in [-0.2, -0.15) is 4.98 Å². The van der Waals surface area contributed by atoms with Gasteiger partial charge in [-0.1, -0.05) is 5.16 Å². The Morgan fingerprint density at radius 2 is 2.44 bits per heavy atom. The van der Waals surface area contributed by atoms with Crippen LogP contribution in [0.5, 0.6) is 0 Å². The minimum absolute atomic E-state index is 0.0518. The van der Waals surface area contributed by atoms with Crippen molar-refractivity contribution in [2.45, 2.75) is 32.1 Å². The van der Waals surface area contributed by atoms with Crippen LogP contribution >= 0.6 is 0 Å². The van der Waals surface area contributed by atoms with Gasteiger partial charge in [0, 0.05) is 12.5 Å². The van der Waals surface area contributed by atoms with Crippen molar-refractivity contribution in [3.05, 3.63) is 11.7 Å². The molecular formula is C11H17N3O2. The van der Waals surface area contributed by atoms with Crippen LogP contribution in [0.25, 0.3) is 0 Å². The summed E-state index contributed by atoms with van der Waals surface area (Å²) in [5, 5.41) is 3.96. The summed E-state index contributed by atoms with van der Waals surface area (Å²) in [7, 11) is 2.10. The number of aromatic nitrogens is 2. The average molecular weight is 223 g/mol. The topological polar surface area (TPSA) is 59.2 Å². The molecule has 0 radical (unpaired) electrons. The van der Waals surface area contributed by atoms with Crippen molar-refractivity contribution in [3.63, 3.8) is 0 Å². The average Bonchev–Trinajstić information content (AvgIpc) is 2.65. The van der Waals surface area contributed by atoms with Gasteiger partial charge in [0.1, 0.15) is 5.78 Å². The normalized spacial score (nSPS) is 22.2. The predicted octanol–water partition coefficient (Wildman–Crippen LogP) is 1.01. The van der Waals surface area contributed by atoms with Crippen LogP contribution in [0, 0.1) is 0 Å². The van der Waals surface area contributed by atoms with Gasteiger partial charge in [0.25, 0.3) is 0 Å². The Hall–Kier alpha value is -1.23. The SMILES string of the molecule is CC(=O)Cc1nc(C2CCCN(C)C2)no1. The molecule has 0 aromatic carbocycles. The van der Waals surface area contributed by atoms with Crippen LogP contribution in [-0.2, 0) is 11.2 Å². The van der Waals surface area contributed by atoms with E-state index in [1.807, 2.05) is 0 Å². The number of nitrogens with zero attached hydrogens (tertiary/aromatic N) is 3. The molecule has 0 bridgehead atoms. The lowest BCUT2D eigenvalue weighted by Crippen LogP contribution is -2.31. The van der Waals surface area contributed by atoms with Crippen LogP contribution in [0.3, 0.4) is 0 Å². The summed E-state index contributed by atoms with van der Waals surface area (Å²) in [6.07, 6.45) is 2.51. The Bertz CT molecular complexity index is 375. The Balaban J connectivity index is 2.03. The summed E-state index contributed by atoms with van der Waals surface area (Å²) in [5.74, 6) is 1.60. The Morgan fingerprint density at radius 3 is 3.12 bits per heavy atom. The monoisotopic (exact) mass is 223 g/mol. The zero-order valence-electron chi connectivity index (χ0n) is 9.77. The molecule has 5 nitrogen and oxygen atoms in total. The van der Waals surface area contributed by atoms with Crippen LogP contribution in [-0.4, -0.2) is 41.0 Å². The second kappa shape index (κ2) is 4.74. The maximum absolute atomic E-state index is 10.9. The fourth-order valence-corrected chi connectivity index (χ4v) is 2.10. The van der Waals surface area contributed by atoms with E-state index < -0.39 is 0 Å². The molecule has 1 unspecified atom stereocenters. The highest BCUT2D eigenvalue weighted by Crippen LogP contribution is 2.23. The zero-order valence-corrected chi connectivity index (χ0v) is 9.77. The number of ketones is 1. The van der Waals surface area contributed by atoms with Crippen molar-refractivity contribution in [3.8, 4) is 0 Å². The third kappa shape index (κ3) is 2.66. The van der Waals surface area contributed by atoms with Crippen LogP contribution < -0.4 is 0 Å². The Kier molecular flexibility index (Phi) is 3.33. The van der Waals surface area contributed by atoms with Gasteiger partial charge in [-0.05, 0) is 33.4 Å². The molecule has 88 valence electrons. The van der Waals surface area contributed by atoms with E-state index in [-0.39, 0.29) is 12.2 Å². The van der Waals surface area contributed by atoms with E-state index in [0.717, 1.165) is 31.8 Å². The molecule has 0 aliphatic carbocycles. The standard InChI is InChI=1S/C11H17N3O2/c1-8(15)6-10-12-11(13-16-10)9-4-3-5-14(2)7-9/h9H,3-7H2,1-2H3. The maximum Gasteiger partial charge on any atom is 0.234 e. The third-order valence-electron chi connectivity index (χ3n) is 2.87. The van der Waals surface area contributed by atoms with Crippen molar-refractivity contribution < 1.29 is 9.32 Å². The van der Waals surface area contributed by atoms with E-state index in [9.17, 15) is 4.79 Å². The fraction of sp³-hybridized carbons (Fsp3) is 0.727. The first-order valence-corrected chi connectivity index (χ1v) is 5.65. The van der Waals surface area contributed by atoms with Gasteiger partial charge in [-0.15, -0.1) is 0 Å². The molecule has 0 saturated carbocycles. The molecule has 2 heterocycles. The van der Waals surface area contributed by atoms with E-state index in [4.69, 9.17) is 4.52 Å². The number of likely N-dealkylation sites (N-methyl/N-ethyl adjacent to an activating group) is 1. The smallest absolute Gasteiger partial charge is 0.234 e. The van der Waals surface area contributed by atoms with E-state index >= 15 is 0 Å². The minimum Gasteiger partial charge on any atom is -0.339 e. The number of carbonyl (C=O) groups is 1. The Morgan fingerprint density at radius 1 is 1.62 bits per heavy atom. The molecule has 0 N–H and O–H groups in total. The van der Waals surface area contributed by atoms with Gasteiger partial charge in [-0.3, -0.25) is 4.79 Å². The van der Waals surface area contributed by atoms with Crippen LogP contribution in [0.15, 0.2) is 4.52 Å². The first-order valence-electron chi connectivity index (χ1n) is 5.65. The highest BCUT2D eigenvalue weighted by Gasteiger charge is 2.23. The molecule has 16 heavy (non-hydrogen) atoms. The van der Waals surface area contributed by atoms with Gasteiger partial charge in [0.15, 0.2) is 5.82 Å². The predicted molar refractivity (Wildman–Crippen MR) is 58.2 cm³/mol. The fourth-order valence-electron chi connectivity index (χ4n) is 2.10. The number of hydrogen-bond donors (Lipinski definition) is 0. The lowest BCUT2D eigenvalue weighted by molar-refractivity contribution is -0.116. The highest BCUT2D eigenvalue weighted by molar-refractivity contribution is 5.77. The first-order chi connectivity index (χ1) is 7.65. The molecule has 1 saturated heterocycles. The first kappa shape index (κ1) is 11.3. The zero-order chi connectivity index (χ0) is 11.5. The van der Waals surface area contributed by atoms with Crippen molar-refractivity contribution >= 4 is 5.78 Å². The van der Waals surface area contributed by atoms with Crippen molar-refractivity contribution in [1.82, 2.24) is 15.0 Å². The van der Waals surface area contributed by atoms with Gasteiger partial charge in [0.05, 0.1) is 6.42 Å². The molecule has 1 aliphatic rings. The molecular weight excluding hydrogens is 206 g/mol. The Labute approximate surface area is 94.8 Å². The van der Waals surface area contributed by atoms with Crippen molar-refractivity contribution in [2.75, 3.05) is 20.1 Å². The maximum atomic E-state index is 10.9. The molecule has 0 spiro atoms. The van der Waals surface area contributed by atoms with E-state index in [0.29, 0.717) is 11.8 Å². The minimum atomic E-state index is 0.0518. The number of piperidine rings is 1. The summed E-state index contributed by atoms with van der Waals surface area (Å²) in [6.45, 7) is 3.63. The molecule has 1 aromatic heterocycles. The molecule has 5 heteroatoms. The quantitative estimate of drug-likeness (QED) is 0.765. The molecule has 2 rings (SSSR count). The number of rotatable bonds is 3. The summed E-state index contributed by atoms with van der Waals surface area (Å²) >= 11 is 0. The molecule has 1 fully saturated rings.